The van der Waals surface area contributed by atoms with E-state index in [0.717, 1.165) is 30.9 Å². The summed E-state index contributed by atoms with van der Waals surface area (Å²) in [5.41, 5.74) is 0. The number of hydrogen-bond donors (Lipinski definition) is 0. The summed E-state index contributed by atoms with van der Waals surface area (Å²) >= 11 is 1.56. The largest absolute Gasteiger partial charge is 0.274 e. The minimum absolute atomic E-state index is 0.0515. The van der Waals surface area contributed by atoms with Crippen LogP contribution in [0, 0.1) is 11.8 Å². The predicted molar refractivity (Wildman–Crippen MR) is 92.5 cm³/mol. The third-order valence-electron chi connectivity index (χ3n) is 4.58. The highest BCUT2D eigenvalue weighted by Gasteiger charge is 2.32. The maximum atomic E-state index is 12.4. The van der Waals surface area contributed by atoms with Gasteiger partial charge in [0.25, 0.3) is 11.8 Å². The Bertz CT molecular complexity index is 425. The molecule has 0 aromatic rings. The second-order valence-electron chi connectivity index (χ2n) is 7.00. The third-order valence-corrected chi connectivity index (χ3v) is 5.67. The normalized spacial score (nSPS) is 20.1. The minimum Gasteiger partial charge on any atom is -0.274 e. The van der Waals surface area contributed by atoms with E-state index in [1.54, 1.807) is 17.8 Å². The monoisotopic (exact) mass is 323 g/mol. The van der Waals surface area contributed by atoms with Crippen molar-refractivity contribution in [3.8, 4) is 0 Å². The number of imide groups is 1. The first kappa shape index (κ1) is 17.6. The average molecular weight is 324 g/mol. The zero-order valence-electron chi connectivity index (χ0n) is 14.0. The summed E-state index contributed by atoms with van der Waals surface area (Å²) in [6.45, 7) is 5.10. The van der Waals surface area contributed by atoms with Gasteiger partial charge in [0.15, 0.2) is 0 Å². The molecule has 2 amide bonds. The lowest BCUT2D eigenvalue weighted by Crippen LogP contribution is -2.36. The van der Waals surface area contributed by atoms with Crippen LogP contribution in [0.3, 0.4) is 0 Å². The summed E-state index contributed by atoms with van der Waals surface area (Å²) in [5, 5.41) is 0. The molecule has 0 unspecified atom stereocenters. The van der Waals surface area contributed by atoms with E-state index in [2.05, 4.69) is 13.8 Å². The highest BCUT2D eigenvalue weighted by molar-refractivity contribution is 8.04. The fourth-order valence-corrected chi connectivity index (χ4v) is 4.21. The van der Waals surface area contributed by atoms with Crippen LogP contribution >= 0.6 is 11.8 Å². The van der Waals surface area contributed by atoms with Crippen molar-refractivity contribution in [3.63, 3.8) is 0 Å². The molecular formula is C18H29NO2S. The van der Waals surface area contributed by atoms with Gasteiger partial charge in [-0.3, -0.25) is 14.5 Å². The topological polar surface area (TPSA) is 37.4 Å². The van der Waals surface area contributed by atoms with Crippen molar-refractivity contribution in [3.05, 3.63) is 11.0 Å². The van der Waals surface area contributed by atoms with E-state index in [-0.39, 0.29) is 11.8 Å². The van der Waals surface area contributed by atoms with E-state index in [0.29, 0.717) is 17.4 Å². The van der Waals surface area contributed by atoms with E-state index in [1.165, 1.54) is 37.0 Å². The van der Waals surface area contributed by atoms with Gasteiger partial charge in [-0.25, -0.2) is 0 Å². The van der Waals surface area contributed by atoms with Crippen LogP contribution in [-0.2, 0) is 9.59 Å². The van der Waals surface area contributed by atoms with Crippen LogP contribution in [0.5, 0.6) is 0 Å². The predicted octanol–water partition coefficient (Wildman–Crippen LogP) is 4.38. The number of carbonyl (C=O) groups is 2. The SMILES string of the molecule is CC(C)CCCCSC1=CC(=O)N(CC2CCCCC2)C1=O. The first-order chi connectivity index (χ1) is 10.6. The molecule has 1 heterocycles. The van der Waals surface area contributed by atoms with Crippen LogP contribution < -0.4 is 0 Å². The molecule has 0 saturated heterocycles. The van der Waals surface area contributed by atoms with Crippen molar-refractivity contribution < 1.29 is 9.59 Å². The summed E-state index contributed by atoms with van der Waals surface area (Å²) in [7, 11) is 0. The Morgan fingerprint density at radius 3 is 2.59 bits per heavy atom. The zero-order valence-corrected chi connectivity index (χ0v) is 14.8. The highest BCUT2D eigenvalue weighted by Crippen LogP contribution is 2.29. The quantitative estimate of drug-likeness (QED) is 0.491. The molecule has 0 radical (unpaired) electrons. The molecule has 0 aromatic heterocycles. The van der Waals surface area contributed by atoms with Gasteiger partial charge < -0.3 is 0 Å². The molecule has 2 aliphatic rings. The molecular weight excluding hydrogens is 294 g/mol. The van der Waals surface area contributed by atoms with Gasteiger partial charge in [0, 0.05) is 12.6 Å². The van der Waals surface area contributed by atoms with Gasteiger partial charge in [0.05, 0.1) is 4.91 Å². The Morgan fingerprint density at radius 1 is 1.18 bits per heavy atom. The average Bonchev–Trinajstić information content (AvgIpc) is 2.75. The molecule has 0 atom stereocenters. The lowest BCUT2D eigenvalue weighted by atomic mass is 9.89. The van der Waals surface area contributed by atoms with E-state index in [4.69, 9.17) is 0 Å². The fourth-order valence-electron chi connectivity index (χ4n) is 3.23. The molecule has 124 valence electrons. The van der Waals surface area contributed by atoms with Gasteiger partial charge >= 0.3 is 0 Å². The second kappa shape index (κ2) is 8.76. The molecule has 1 aliphatic heterocycles. The standard InChI is InChI=1S/C18H29NO2S/c1-14(2)8-6-7-11-22-16-12-17(20)19(18(16)21)13-15-9-4-3-5-10-15/h12,14-15H,3-11,13H2,1-2H3. The Labute approximate surface area is 138 Å². The van der Waals surface area contributed by atoms with Gasteiger partial charge in [-0.15, -0.1) is 11.8 Å². The molecule has 0 spiro atoms. The van der Waals surface area contributed by atoms with Crippen LogP contribution in [0.15, 0.2) is 11.0 Å². The van der Waals surface area contributed by atoms with Crippen molar-refractivity contribution in [2.75, 3.05) is 12.3 Å². The van der Waals surface area contributed by atoms with Crippen LogP contribution in [0.25, 0.3) is 0 Å². The van der Waals surface area contributed by atoms with Crippen molar-refractivity contribution in [1.82, 2.24) is 4.90 Å². The van der Waals surface area contributed by atoms with E-state index in [1.807, 2.05) is 0 Å². The Hall–Kier alpha value is -0.770. The molecule has 0 aromatic carbocycles. The number of carbonyl (C=O) groups excluding carboxylic acids is 2. The van der Waals surface area contributed by atoms with Crippen LogP contribution in [0.1, 0.15) is 65.2 Å². The molecule has 1 saturated carbocycles. The van der Waals surface area contributed by atoms with Crippen LogP contribution in [-0.4, -0.2) is 29.0 Å². The molecule has 0 bridgehead atoms. The lowest BCUT2D eigenvalue weighted by molar-refractivity contribution is -0.137. The number of rotatable bonds is 8. The van der Waals surface area contributed by atoms with E-state index < -0.39 is 0 Å². The maximum Gasteiger partial charge on any atom is 0.267 e. The maximum absolute atomic E-state index is 12.4. The van der Waals surface area contributed by atoms with Gasteiger partial charge in [-0.2, -0.15) is 0 Å². The number of thioether (sulfide) groups is 1. The summed E-state index contributed by atoms with van der Waals surface area (Å²) in [6, 6.07) is 0. The number of hydrogen-bond acceptors (Lipinski definition) is 3. The van der Waals surface area contributed by atoms with E-state index >= 15 is 0 Å². The summed E-state index contributed by atoms with van der Waals surface area (Å²) in [5.74, 6) is 2.05. The van der Waals surface area contributed by atoms with Crippen LogP contribution in [0.2, 0.25) is 0 Å². The molecule has 1 fully saturated rings. The van der Waals surface area contributed by atoms with Gasteiger partial charge in [-0.05, 0) is 36.9 Å². The molecule has 4 heteroatoms. The molecule has 3 nitrogen and oxygen atoms in total. The first-order valence-corrected chi connectivity index (χ1v) is 9.77. The summed E-state index contributed by atoms with van der Waals surface area (Å²) < 4.78 is 0. The molecule has 0 N–H and O–H groups in total. The van der Waals surface area contributed by atoms with Crippen molar-refractivity contribution in [2.24, 2.45) is 11.8 Å². The summed E-state index contributed by atoms with van der Waals surface area (Å²) in [4.78, 5) is 26.6. The fraction of sp³-hybridized carbons (Fsp3) is 0.778. The second-order valence-corrected chi connectivity index (χ2v) is 8.14. The van der Waals surface area contributed by atoms with Gasteiger partial charge in [0.2, 0.25) is 0 Å². The van der Waals surface area contributed by atoms with Gasteiger partial charge in [-0.1, -0.05) is 46.0 Å². The summed E-state index contributed by atoms with van der Waals surface area (Å²) in [6.07, 6.45) is 11.2. The Balaban J connectivity index is 1.73. The zero-order chi connectivity index (χ0) is 15.9. The smallest absolute Gasteiger partial charge is 0.267 e. The van der Waals surface area contributed by atoms with E-state index in [9.17, 15) is 9.59 Å². The minimum atomic E-state index is -0.0970. The van der Waals surface area contributed by atoms with Crippen molar-refractivity contribution in [1.29, 1.82) is 0 Å². The van der Waals surface area contributed by atoms with Gasteiger partial charge in [0.1, 0.15) is 0 Å². The molecule has 2 rings (SSSR count). The van der Waals surface area contributed by atoms with Crippen molar-refractivity contribution in [2.45, 2.75) is 65.2 Å². The Kier molecular flexibility index (Phi) is 7.00. The lowest BCUT2D eigenvalue weighted by Gasteiger charge is -2.25. The number of nitrogens with zero attached hydrogens (tertiary/aromatic N) is 1. The van der Waals surface area contributed by atoms with Crippen molar-refractivity contribution >= 4 is 23.6 Å². The first-order valence-electron chi connectivity index (χ1n) is 8.78. The highest BCUT2D eigenvalue weighted by atomic mass is 32.2. The molecule has 1 aliphatic carbocycles. The number of unbranched alkanes of at least 4 members (excludes halogenated alkanes) is 1. The van der Waals surface area contributed by atoms with Crippen LogP contribution in [0.4, 0.5) is 0 Å². The third kappa shape index (κ3) is 5.15. The number of amides is 2. The Morgan fingerprint density at radius 2 is 1.91 bits per heavy atom. The molecule has 22 heavy (non-hydrogen) atoms.